The van der Waals surface area contributed by atoms with Crippen molar-refractivity contribution in [3.05, 3.63) is 0 Å². The average Bonchev–Trinajstić information content (AvgIpc) is 2.86. The molecule has 39 heavy (non-hydrogen) atoms. The zero-order valence-electron chi connectivity index (χ0n) is 25.9. The van der Waals surface area contributed by atoms with E-state index in [0.29, 0.717) is 103 Å². The average molecular weight is 565 g/mol. The van der Waals surface area contributed by atoms with Crippen molar-refractivity contribution in [1.82, 2.24) is 0 Å². The van der Waals surface area contributed by atoms with Crippen LogP contribution in [-0.4, -0.2) is 110 Å². The maximum atomic E-state index is 10.2. The monoisotopic (exact) mass is 564 g/mol. The van der Waals surface area contributed by atoms with Crippen molar-refractivity contribution in [2.75, 3.05) is 92.5 Å². The summed E-state index contributed by atoms with van der Waals surface area (Å²) < 4.78 is 43.8. The Morgan fingerprint density at radius 3 is 1.36 bits per heavy atom. The van der Waals surface area contributed by atoms with Gasteiger partial charge in [-0.3, -0.25) is 0 Å². The molecule has 0 heterocycles. The molecule has 1 fully saturated rings. The zero-order valence-corrected chi connectivity index (χ0v) is 25.9. The van der Waals surface area contributed by atoms with E-state index in [9.17, 15) is 5.11 Å². The van der Waals surface area contributed by atoms with E-state index in [2.05, 4.69) is 34.6 Å². The highest BCUT2D eigenvalue weighted by atomic mass is 16.6. The van der Waals surface area contributed by atoms with E-state index in [1.54, 1.807) is 0 Å². The molecule has 0 aromatic carbocycles. The van der Waals surface area contributed by atoms with Gasteiger partial charge in [-0.25, -0.2) is 0 Å². The molecule has 9 nitrogen and oxygen atoms in total. The fourth-order valence-corrected chi connectivity index (χ4v) is 5.30. The van der Waals surface area contributed by atoms with Crippen LogP contribution in [0.2, 0.25) is 0 Å². The fourth-order valence-electron chi connectivity index (χ4n) is 5.30. The lowest BCUT2D eigenvalue weighted by molar-refractivity contribution is -0.177. The Bertz CT molecular complexity index is 545. The summed E-state index contributed by atoms with van der Waals surface area (Å²) in [5, 5.41) is 10.2. The van der Waals surface area contributed by atoms with Crippen molar-refractivity contribution in [2.24, 2.45) is 16.7 Å². The van der Waals surface area contributed by atoms with Crippen LogP contribution < -0.4 is 0 Å². The molecule has 0 aromatic rings. The van der Waals surface area contributed by atoms with E-state index in [1.165, 1.54) is 6.42 Å². The van der Waals surface area contributed by atoms with E-state index in [4.69, 9.17) is 37.9 Å². The van der Waals surface area contributed by atoms with Crippen LogP contribution in [0.1, 0.15) is 73.6 Å². The van der Waals surface area contributed by atoms with Crippen LogP contribution in [-0.2, 0) is 37.9 Å². The highest BCUT2D eigenvalue weighted by Gasteiger charge is 2.36. The summed E-state index contributed by atoms with van der Waals surface area (Å²) in [5.41, 5.74) is 0.673. The largest absolute Gasteiger partial charge is 0.379 e. The third-order valence-electron chi connectivity index (χ3n) is 6.81. The maximum absolute atomic E-state index is 10.2. The van der Waals surface area contributed by atoms with Gasteiger partial charge in [-0.1, -0.05) is 34.6 Å². The van der Waals surface area contributed by atoms with Gasteiger partial charge < -0.3 is 43.0 Å². The van der Waals surface area contributed by atoms with Crippen LogP contribution in [0.25, 0.3) is 0 Å². The predicted octanol–water partition coefficient (Wildman–Crippen LogP) is 4.48. The summed E-state index contributed by atoms with van der Waals surface area (Å²) in [4.78, 5) is 0. The van der Waals surface area contributed by atoms with Gasteiger partial charge in [0.2, 0.25) is 0 Å². The van der Waals surface area contributed by atoms with Crippen LogP contribution in [0.15, 0.2) is 0 Å². The van der Waals surface area contributed by atoms with Gasteiger partial charge in [0, 0.05) is 6.61 Å². The Balaban J connectivity index is 1.85. The number of aliphatic hydroxyl groups is 1. The van der Waals surface area contributed by atoms with Crippen LogP contribution in [0.3, 0.4) is 0 Å². The van der Waals surface area contributed by atoms with Gasteiger partial charge in [-0.2, -0.15) is 0 Å². The van der Waals surface area contributed by atoms with Crippen molar-refractivity contribution in [1.29, 1.82) is 0 Å². The van der Waals surface area contributed by atoms with E-state index < -0.39 is 6.29 Å². The molecule has 1 saturated carbocycles. The molecule has 1 unspecified atom stereocenters. The standard InChI is InChI=1S/C30H60O9/c1-7-32-12-13-33-14-15-34-16-17-35-18-19-36-20-21-37-22-23-38-24-28(31)39-27-10-8-26(9-11-27)30(5,6)25-29(2,3)4/h26-28,31H,7-25H2,1-6H3. The third kappa shape index (κ3) is 21.1. The number of rotatable bonds is 25. The van der Waals surface area contributed by atoms with Crippen molar-refractivity contribution < 1.29 is 43.0 Å². The zero-order chi connectivity index (χ0) is 28.8. The van der Waals surface area contributed by atoms with Crippen molar-refractivity contribution in [3.8, 4) is 0 Å². The first kappa shape index (κ1) is 36.7. The summed E-state index contributed by atoms with van der Waals surface area (Å²) in [7, 11) is 0. The summed E-state index contributed by atoms with van der Waals surface area (Å²) in [6.07, 6.45) is 4.77. The molecule has 234 valence electrons. The first-order valence-corrected chi connectivity index (χ1v) is 15.0. The lowest BCUT2D eigenvalue weighted by atomic mass is 9.64. The maximum Gasteiger partial charge on any atom is 0.178 e. The molecule has 0 aliphatic heterocycles. The Hall–Kier alpha value is -0.360. The molecule has 0 aromatic heterocycles. The second-order valence-electron chi connectivity index (χ2n) is 12.1. The minimum atomic E-state index is -0.887. The molecule has 0 amide bonds. The number of aliphatic hydroxyl groups excluding tert-OH is 1. The summed E-state index contributed by atoms with van der Waals surface area (Å²) in [6.45, 7) is 20.9. The van der Waals surface area contributed by atoms with Gasteiger partial charge in [0.15, 0.2) is 6.29 Å². The Morgan fingerprint density at radius 2 is 0.974 bits per heavy atom. The van der Waals surface area contributed by atoms with E-state index in [-0.39, 0.29) is 12.7 Å². The van der Waals surface area contributed by atoms with E-state index in [0.717, 1.165) is 25.7 Å². The predicted molar refractivity (Wildman–Crippen MR) is 152 cm³/mol. The van der Waals surface area contributed by atoms with Gasteiger partial charge in [0.05, 0.1) is 92.0 Å². The normalized spacial score (nSPS) is 19.5. The minimum Gasteiger partial charge on any atom is -0.379 e. The molecule has 1 atom stereocenters. The highest BCUT2D eigenvalue weighted by molar-refractivity contribution is 4.86. The second kappa shape index (κ2) is 22.3. The number of hydrogen-bond acceptors (Lipinski definition) is 9. The lowest BCUT2D eigenvalue weighted by Crippen LogP contribution is -2.35. The second-order valence-corrected chi connectivity index (χ2v) is 12.1. The van der Waals surface area contributed by atoms with Crippen LogP contribution in [0.4, 0.5) is 0 Å². The Morgan fingerprint density at radius 1 is 0.590 bits per heavy atom. The van der Waals surface area contributed by atoms with Gasteiger partial charge in [-0.05, 0) is 55.8 Å². The van der Waals surface area contributed by atoms with Crippen LogP contribution >= 0.6 is 0 Å². The SMILES string of the molecule is CCOCCOCCOCCOCCOCCOCCOCC(O)OC1CCC(C(C)(C)CC(C)(C)C)CC1. The molecule has 0 spiro atoms. The van der Waals surface area contributed by atoms with Gasteiger partial charge in [0.25, 0.3) is 0 Å². The first-order chi connectivity index (χ1) is 18.6. The molecule has 0 saturated heterocycles. The molecule has 1 rings (SSSR count). The van der Waals surface area contributed by atoms with Gasteiger partial charge in [-0.15, -0.1) is 0 Å². The molecule has 9 heteroatoms. The van der Waals surface area contributed by atoms with E-state index in [1.807, 2.05) is 6.92 Å². The molecule has 1 aliphatic carbocycles. The van der Waals surface area contributed by atoms with Crippen molar-refractivity contribution >= 4 is 0 Å². The lowest BCUT2D eigenvalue weighted by Gasteiger charge is -2.42. The number of hydrogen-bond donors (Lipinski definition) is 1. The van der Waals surface area contributed by atoms with Gasteiger partial charge >= 0.3 is 0 Å². The molecule has 1 aliphatic rings. The Kier molecular flexibility index (Phi) is 20.9. The van der Waals surface area contributed by atoms with Crippen LogP contribution in [0.5, 0.6) is 0 Å². The summed E-state index contributed by atoms with van der Waals surface area (Å²) in [5.74, 6) is 0.713. The molecular weight excluding hydrogens is 504 g/mol. The Labute approximate surface area is 238 Å². The quantitative estimate of drug-likeness (QED) is 0.127. The van der Waals surface area contributed by atoms with Crippen molar-refractivity contribution in [3.63, 3.8) is 0 Å². The van der Waals surface area contributed by atoms with E-state index >= 15 is 0 Å². The summed E-state index contributed by atoms with van der Waals surface area (Å²) in [6, 6.07) is 0. The topological polar surface area (TPSA) is 94.1 Å². The van der Waals surface area contributed by atoms with Gasteiger partial charge in [0.1, 0.15) is 0 Å². The van der Waals surface area contributed by atoms with Crippen LogP contribution in [0, 0.1) is 16.7 Å². The minimum absolute atomic E-state index is 0.116. The van der Waals surface area contributed by atoms with Crippen molar-refractivity contribution in [2.45, 2.75) is 86.0 Å². The molecular formula is C30H60O9. The number of ether oxygens (including phenoxy) is 8. The highest BCUT2D eigenvalue weighted by Crippen LogP contribution is 2.45. The molecule has 0 bridgehead atoms. The summed E-state index contributed by atoms with van der Waals surface area (Å²) >= 11 is 0. The fraction of sp³-hybridized carbons (Fsp3) is 1.00. The molecule has 0 radical (unpaired) electrons. The third-order valence-corrected chi connectivity index (χ3v) is 6.81. The molecule has 1 N–H and O–H groups in total. The smallest absolute Gasteiger partial charge is 0.178 e. The first-order valence-electron chi connectivity index (χ1n) is 15.0.